The lowest BCUT2D eigenvalue weighted by molar-refractivity contribution is -0.120. The highest BCUT2D eigenvalue weighted by molar-refractivity contribution is 5.78. The van der Waals surface area contributed by atoms with Gasteiger partial charge in [0.1, 0.15) is 5.75 Å². The molecule has 0 saturated carbocycles. The lowest BCUT2D eigenvalue weighted by Crippen LogP contribution is -2.24. The SMILES string of the molecule is COc1cccc(CC(=O)NCc2ccc(C(C)(C)C)cc2)c1. The van der Waals surface area contributed by atoms with Gasteiger partial charge in [0.25, 0.3) is 0 Å². The number of nitrogens with one attached hydrogen (secondary N) is 1. The molecule has 0 spiro atoms. The van der Waals surface area contributed by atoms with E-state index < -0.39 is 0 Å². The van der Waals surface area contributed by atoms with Gasteiger partial charge >= 0.3 is 0 Å². The van der Waals surface area contributed by atoms with E-state index in [2.05, 4.69) is 50.4 Å². The van der Waals surface area contributed by atoms with Crippen molar-refractivity contribution in [3.63, 3.8) is 0 Å². The van der Waals surface area contributed by atoms with Gasteiger partial charge in [-0.3, -0.25) is 4.79 Å². The van der Waals surface area contributed by atoms with Gasteiger partial charge in [-0.15, -0.1) is 0 Å². The van der Waals surface area contributed by atoms with E-state index in [-0.39, 0.29) is 11.3 Å². The highest BCUT2D eigenvalue weighted by atomic mass is 16.5. The van der Waals surface area contributed by atoms with Gasteiger partial charge in [0, 0.05) is 6.54 Å². The minimum atomic E-state index is 0.0122. The van der Waals surface area contributed by atoms with Crippen molar-refractivity contribution < 1.29 is 9.53 Å². The summed E-state index contributed by atoms with van der Waals surface area (Å²) in [5, 5.41) is 2.96. The number of ether oxygens (including phenoxy) is 1. The van der Waals surface area contributed by atoms with E-state index >= 15 is 0 Å². The fourth-order valence-electron chi connectivity index (χ4n) is 2.35. The molecule has 0 fully saturated rings. The van der Waals surface area contributed by atoms with Crippen LogP contribution in [0.4, 0.5) is 0 Å². The summed E-state index contributed by atoms with van der Waals surface area (Å²) in [6, 6.07) is 16.0. The van der Waals surface area contributed by atoms with Crippen LogP contribution in [0, 0.1) is 0 Å². The second-order valence-corrected chi connectivity index (χ2v) is 6.75. The molecule has 3 heteroatoms. The number of benzene rings is 2. The number of amides is 1. The van der Waals surface area contributed by atoms with Crippen LogP contribution in [0.2, 0.25) is 0 Å². The van der Waals surface area contributed by atoms with Crippen LogP contribution >= 0.6 is 0 Å². The van der Waals surface area contributed by atoms with Crippen molar-refractivity contribution in [2.45, 2.75) is 39.2 Å². The van der Waals surface area contributed by atoms with Crippen LogP contribution < -0.4 is 10.1 Å². The standard InChI is InChI=1S/C20H25NO2/c1-20(2,3)17-10-8-15(9-11-17)14-21-19(22)13-16-6-5-7-18(12-16)23-4/h5-12H,13-14H2,1-4H3,(H,21,22). The summed E-state index contributed by atoms with van der Waals surface area (Å²) in [5.74, 6) is 0.784. The highest BCUT2D eigenvalue weighted by Gasteiger charge is 2.12. The van der Waals surface area contributed by atoms with E-state index in [1.54, 1.807) is 7.11 Å². The summed E-state index contributed by atoms with van der Waals surface area (Å²) in [6.07, 6.45) is 0.358. The van der Waals surface area contributed by atoms with E-state index in [4.69, 9.17) is 4.74 Å². The first kappa shape index (κ1) is 17.1. The average molecular weight is 311 g/mol. The van der Waals surface area contributed by atoms with Gasteiger partial charge in [0.15, 0.2) is 0 Å². The van der Waals surface area contributed by atoms with Crippen LogP contribution in [0.3, 0.4) is 0 Å². The normalized spacial score (nSPS) is 11.1. The molecule has 0 radical (unpaired) electrons. The number of hydrogen-bond donors (Lipinski definition) is 1. The Hall–Kier alpha value is -2.29. The van der Waals surface area contributed by atoms with Gasteiger partial charge in [0.05, 0.1) is 13.5 Å². The number of carbonyl (C=O) groups excluding carboxylic acids is 1. The summed E-state index contributed by atoms with van der Waals surface area (Å²) in [6.45, 7) is 7.13. The fraction of sp³-hybridized carbons (Fsp3) is 0.350. The monoisotopic (exact) mass is 311 g/mol. The van der Waals surface area contributed by atoms with E-state index in [1.165, 1.54) is 5.56 Å². The second kappa shape index (κ2) is 7.32. The number of rotatable bonds is 5. The zero-order valence-corrected chi connectivity index (χ0v) is 14.3. The summed E-state index contributed by atoms with van der Waals surface area (Å²) in [7, 11) is 1.63. The molecule has 0 unspecified atom stereocenters. The van der Waals surface area contributed by atoms with E-state index in [9.17, 15) is 4.79 Å². The van der Waals surface area contributed by atoms with Gasteiger partial charge in [-0.2, -0.15) is 0 Å². The van der Waals surface area contributed by atoms with Crippen LogP contribution in [-0.4, -0.2) is 13.0 Å². The van der Waals surface area contributed by atoms with Gasteiger partial charge in [-0.25, -0.2) is 0 Å². The molecule has 23 heavy (non-hydrogen) atoms. The lowest BCUT2D eigenvalue weighted by atomic mass is 9.87. The minimum Gasteiger partial charge on any atom is -0.497 e. The van der Waals surface area contributed by atoms with Crippen molar-refractivity contribution in [3.8, 4) is 5.75 Å². The van der Waals surface area contributed by atoms with Crippen molar-refractivity contribution in [2.24, 2.45) is 0 Å². The molecule has 122 valence electrons. The minimum absolute atomic E-state index is 0.0122. The Kier molecular flexibility index (Phi) is 5.43. The molecular weight excluding hydrogens is 286 g/mol. The maximum atomic E-state index is 12.1. The molecule has 0 aliphatic heterocycles. The van der Waals surface area contributed by atoms with Gasteiger partial charge in [-0.1, -0.05) is 57.2 Å². The largest absolute Gasteiger partial charge is 0.497 e. The molecule has 2 aromatic rings. The van der Waals surface area contributed by atoms with Crippen molar-refractivity contribution >= 4 is 5.91 Å². The number of hydrogen-bond acceptors (Lipinski definition) is 2. The molecule has 0 bridgehead atoms. The topological polar surface area (TPSA) is 38.3 Å². The molecule has 1 N–H and O–H groups in total. The lowest BCUT2D eigenvalue weighted by Gasteiger charge is -2.19. The molecule has 0 aliphatic carbocycles. The Morgan fingerprint density at radius 2 is 1.74 bits per heavy atom. The Balaban J connectivity index is 1.89. The Bertz CT molecular complexity index is 654. The first-order valence-electron chi connectivity index (χ1n) is 7.87. The molecule has 3 nitrogen and oxygen atoms in total. The third-order valence-electron chi connectivity index (χ3n) is 3.81. The zero-order chi connectivity index (χ0) is 16.9. The molecule has 1 amide bonds. The van der Waals surface area contributed by atoms with Crippen LogP contribution in [0.1, 0.15) is 37.5 Å². The van der Waals surface area contributed by atoms with Crippen molar-refractivity contribution in [3.05, 3.63) is 65.2 Å². The van der Waals surface area contributed by atoms with E-state index in [1.807, 2.05) is 24.3 Å². The fourth-order valence-corrected chi connectivity index (χ4v) is 2.35. The molecule has 2 aromatic carbocycles. The summed E-state index contributed by atoms with van der Waals surface area (Å²) >= 11 is 0. The van der Waals surface area contributed by atoms with Crippen LogP contribution in [0.25, 0.3) is 0 Å². The van der Waals surface area contributed by atoms with Gasteiger partial charge in [-0.05, 0) is 34.2 Å². The highest BCUT2D eigenvalue weighted by Crippen LogP contribution is 2.22. The van der Waals surface area contributed by atoms with Crippen LogP contribution in [-0.2, 0) is 23.2 Å². The van der Waals surface area contributed by atoms with Crippen molar-refractivity contribution in [1.29, 1.82) is 0 Å². The summed E-state index contributed by atoms with van der Waals surface area (Å²) in [5.41, 5.74) is 3.50. The summed E-state index contributed by atoms with van der Waals surface area (Å²) < 4.78 is 5.17. The quantitative estimate of drug-likeness (QED) is 0.911. The molecule has 0 atom stereocenters. The van der Waals surface area contributed by atoms with Gasteiger partial charge < -0.3 is 10.1 Å². The maximum absolute atomic E-state index is 12.1. The third kappa shape index (κ3) is 5.13. The number of carbonyl (C=O) groups is 1. The first-order valence-corrected chi connectivity index (χ1v) is 7.87. The zero-order valence-electron chi connectivity index (χ0n) is 14.3. The Morgan fingerprint density at radius 1 is 1.04 bits per heavy atom. The Labute approximate surface area is 138 Å². The summed E-state index contributed by atoms with van der Waals surface area (Å²) in [4.78, 5) is 12.1. The first-order chi connectivity index (χ1) is 10.9. The second-order valence-electron chi connectivity index (χ2n) is 6.75. The van der Waals surface area contributed by atoms with Crippen LogP contribution in [0.15, 0.2) is 48.5 Å². The molecule has 0 heterocycles. The number of methoxy groups -OCH3 is 1. The van der Waals surface area contributed by atoms with E-state index in [0.717, 1.165) is 16.9 Å². The van der Waals surface area contributed by atoms with Crippen molar-refractivity contribution in [2.75, 3.05) is 7.11 Å². The van der Waals surface area contributed by atoms with E-state index in [0.29, 0.717) is 13.0 Å². The third-order valence-corrected chi connectivity index (χ3v) is 3.81. The van der Waals surface area contributed by atoms with Crippen molar-refractivity contribution in [1.82, 2.24) is 5.32 Å². The predicted molar refractivity (Wildman–Crippen MR) is 93.7 cm³/mol. The maximum Gasteiger partial charge on any atom is 0.224 e. The average Bonchev–Trinajstić information content (AvgIpc) is 2.52. The predicted octanol–water partition coefficient (Wildman–Crippen LogP) is 3.85. The molecule has 0 saturated heterocycles. The molecule has 2 rings (SSSR count). The molecular formula is C20H25NO2. The van der Waals surface area contributed by atoms with Crippen LogP contribution in [0.5, 0.6) is 5.75 Å². The Morgan fingerprint density at radius 3 is 2.35 bits per heavy atom. The molecule has 0 aliphatic rings. The molecule has 0 aromatic heterocycles. The van der Waals surface area contributed by atoms with Gasteiger partial charge in [0.2, 0.25) is 5.91 Å². The smallest absolute Gasteiger partial charge is 0.224 e.